The molecule has 0 aliphatic carbocycles. The van der Waals surface area contributed by atoms with Crippen molar-refractivity contribution in [1.82, 2.24) is 4.90 Å². The molecule has 0 bridgehead atoms. The summed E-state index contributed by atoms with van der Waals surface area (Å²) in [5.74, 6) is 2.63. The van der Waals surface area contributed by atoms with Gasteiger partial charge in [-0.1, -0.05) is 18.1 Å². The summed E-state index contributed by atoms with van der Waals surface area (Å²) < 4.78 is 24.7. The zero-order valence-electron chi connectivity index (χ0n) is 15.3. The van der Waals surface area contributed by atoms with Crippen LogP contribution < -0.4 is 9.47 Å². The molecule has 29 heavy (non-hydrogen) atoms. The first-order valence-corrected chi connectivity index (χ1v) is 10.3. The summed E-state index contributed by atoms with van der Waals surface area (Å²) in [7, 11) is 1.51. The van der Waals surface area contributed by atoms with Gasteiger partial charge >= 0.3 is 0 Å². The Kier molecular flexibility index (Phi) is 6.82. The lowest BCUT2D eigenvalue weighted by Crippen LogP contribution is -2.27. The van der Waals surface area contributed by atoms with Crippen molar-refractivity contribution in [3.8, 4) is 23.8 Å². The lowest BCUT2D eigenvalue weighted by Gasteiger charge is -2.13. The molecule has 1 aliphatic rings. The predicted octanol–water partition coefficient (Wildman–Crippen LogP) is 4.69. The first-order chi connectivity index (χ1) is 13.9. The fourth-order valence-electron chi connectivity index (χ4n) is 2.64. The predicted molar refractivity (Wildman–Crippen MR) is 118 cm³/mol. The Bertz CT molecular complexity index is 1030. The van der Waals surface area contributed by atoms with Crippen LogP contribution in [0.4, 0.5) is 9.18 Å². The maximum Gasteiger partial charge on any atom is 0.293 e. The summed E-state index contributed by atoms with van der Waals surface area (Å²) >= 11 is 2.95. The summed E-state index contributed by atoms with van der Waals surface area (Å²) in [6.07, 6.45) is 6.87. The highest BCUT2D eigenvalue weighted by molar-refractivity contribution is 14.1. The van der Waals surface area contributed by atoms with Gasteiger partial charge in [0, 0.05) is 0 Å². The molecule has 2 aromatic carbocycles. The molecule has 0 atom stereocenters. The number of benzene rings is 2. The van der Waals surface area contributed by atoms with Gasteiger partial charge in [-0.05, 0) is 75.8 Å². The smallest absolute Gasteiger partial charge is 0.293 e. The van der Waals surface area contributed by atoms with Gasteiger partial charge in [-0.15, -0.1) is 6.42 Å². The van der Waals surface area contributed by atoms with Crippen LogP contribution in [0, 0.1) is 21.7 Å². The average Bonchev–Trinajstić information content (AvgIpc) is 2.95. The minimum Gasteiger partial charge on any atom is -0.493 e. The highest BCUT2D eigenvalue weighted by Gasteiger charge is 2.35. The number of nitrogens with zero attached hydrogens (tertiary/aromatic N) is 1. The number of imide groups is 1. The molecule has 0 saturated carbocycles. The number of carbonyl (C=O) groups excluding carboxylic acids is 2. The van der Waals surface area contributed by atoms with Crippen molar-refractivity contribution in [2.24, 2.45) is 0 Å². The third-order valence-corrected chi connectivity index (χ3v) is 5.69. The number of carbonyl (C=O) groups is 2. The molecular formula is C21H15FINO4S. The van der Waals surface area contributed by atoms with E-state index in [2.05, 4.69) is 28.5 Å². The van der Waals surface area contributed by atoms with E-state index in [1.807, 2.05) is 6.07 Å². The number of halogens is 2. The van der Waals surface area contributed by atoms with Crippen LogP contribution in [0.3, 0.4) is 0 Å². The first-order valence-electron chi connectivity index (χ1n) is 8.36. The van der Waals surface area contributed by atoms with Crippen molar-refractivity contribution >= 4 is 51.6 Å². The van der Waals surface area contributed by atoms with Crippen LogP contribution in [-0.4, -0.2) is 29.8 Å². The van der Waals surface area contributed by atoms with Crippen molar-refractivity contribution < 1.29 is 23.5 Å². The van der Waals surface area contributed by atoms with E-state index in [1.54, 1.807) is 24.3 Å². The highest BCUT2D eigenvalue weighted by Crippen LogP contribution is 2.37. The highest BCUT2D eigenvalue weighted by atomic mass is 127. The minimum absolute atomic E-state index is 0.0853. The number of amides is 2. The van der Waals surface area contributed by atoms with Gasteiger partial charge in [0.15, 0.2) is 11.5 Å². The number of ether oxygens (including phenoxy) is 2. The standard InChI is InChI=1S/C21H15FINO4S/c1-3-8-28-19-16(23)9-14(10-17(19)27-2)11-18-20(25)24(21(26)29-18)12-13-4-6-15(22)7-5-13/h1,4-7,9-11H,8,12H2,2H3/b18-11-. The summed E-state index contributed by atoms with van der Waals surface area (Å²) in [5.41, 5.74) is 1.35. The number of terminal acetylenes is 1. The van der Waals surface area contributed by atoms with Gasteiger partial charge in [-0.2, -0.15) is 0 Å². The maximum atomic E-state index is 13.1. The molecule has 0 unspecified atom stereocenters. The number of hydrogen-bond acceptors (Lipinski definition) is 5. The lowest BCUT2D eigenvalue weighted by molar-refractivity contribution is -0.123. The lowest BCUT2D eigenvalue weighted by atomic mass is 10.1. The molecule has 0 N–H and O–H groups in total. The number of methoxy groups -OCH3 is 1. The van der Waals surface area contributed by atoms with E-state index in [1.165, 1.54) is 19.2 Å². The normalized spacial score (nSPS) is 15.0. The zero-order valence-corrected chi connectivity index (χ0v) is 18.3. The van der Waals surface area contributed by atoms with Gasteiger partial charge in [0.05, 0.1) is 22.1 Å². The maximum absolute atomic E-state index is 13.1. The second-order valence-corrected chi connectivity index (χ2v) is 8.08. The second kappa shape index (κ2) is 9.33. The van der Waals surface area contributed by atoms with Crippen LogP contribution in [0.1, 0.15) is 11.1 Å². The van der Waals surface area contributed by atoms with Crippen molar-refractivity contribution in [1.29, 1.82) is 0 Å². The molecule has 1 fully saturated rings. The van der Waals surface area contributed by atoms with E-state index in [0.29, 0.717) is 27.5 Å². The van der Waals surface area contributed by atoms with Crippen LogP contribution in [0.5, 0.6) is 11.5 Å². The van der Waals surface area contributed by atoms with Gasteiger partial charge < -0.3 is 9.47 Å². The summed E-state index contributed by atoms with van der Waals surface area (Å²) in [4.78, 5) is 26.4. The van der Waals surface area contributed by atoms with Gasteiger partial charge in [0.25, 0.3) is 11.1 Å². The fraction of sp³-hybridized carbons (Fsp3) is 0.143. The topological polar surface area (TPSA) is 55.8 Å². The van der Waals surface area contributed by atoms with E-state index in [9.17, 15) is 14.0 Å². The van der Waals surface area contributed by atoms with Crippen LogP contribution >= 0.6 is 34.4 Å². The van der Waals surface area contributed by atoms with E-state index >= 15 is 0 Å². The third-order valence-electron chi connectivity index (χ3n) is 3.98. The molecule has 0 radical (unpaired) electrons. The molecule has 3 rings (SSSR count). The fourth-order valence-corrected chi connectivity index (χ4v) is 4.26. The van der Waals surface area contributed by atoms with E-state index in [4.69, 9.17) is 15.9 Å². The van der Waals surface area contributed by atoms with Crippen molar-refractivity contribution in [3.05, 3.63) is 61.8 Å². The zero-order chi connectivity index (χ0) is 21.0. The molecule has 1 saturated heterocycles. The Morgan fingerprint density at radius 1 is 1.28 bits per heavy atom. The summed E-state index contributed by atoms with van der Waals surface area (Å²) in [5, 5.41) is -0.374. The molecule has 1 aliphatic heterocycles. The monoisotopic (exact) mass is 523 g/mol. The molecule has 0 spiro atoms. The van der Waals surface area contributed by atoms with E-state index < -0.39 is 5.91 Å². The number of rotatable bonds is 6. The minimum atomic E-state index is -0.397. The van der Waals surface area contributed by atoms with E-state index in [-0.39, 0.29) is 24.2 Å². The van der Waals surface area contributed by atoms with Crippen molar-refractivity contribution in [2.75, 3.05) is 13.7 Å². The number of hydrogen-bond donors (Lipinski definition) is 0. The average molecular weight is 523 g/mol. The number of thioether (sulfide) groups is 1. The third kappa shape index (κ3) is 4.92. The quantitative estimate of drug-likeness (QED) is 0.313. The van der Waals surface area contributed by atoms with Gasteiger partial charge in [-0.3, -0.25) is 14.5 Å². The molecule has 2 aromatic rings. The van der Waals surface area contributed by atoms with Crippen molar-refractivity contribution in [2.45, 2.75) is 6.54 Å². The van der Waals surface area contributed by atoms with Gasteiger partial charge in [0.2, 0.25) is 0 Å². The molecule has 8 heteroatoms. The van der Waals surface area contributed by atoms with Crippen LogP contribution in [-0.2, 0) is 11.3 Å². The SMILES string of the molecule is C#CCOc1c(I)cc(/C=C2\SC(=O)N(Cc3ccc(F)cc3)C2=O)cc1OC. The Morgan fingerprint density at radius 2 is 2.00 bits per heavy atom. The van der Waals surface area contributed by atoms with Gasteiger partial charge in [0.1, 0.15) is 12.4 Å². The van der Waals surface area contributed by atoms with Crippen LogP contribution in [0.25, 0.3) is 6.08 Å². The van der Waals surface area contributed by atoms with E-state index in [0.717, 1.165) is 20.2 Å². The molecule has 2 amide bonds. The second-order valence-electron chi connectivity index (χ2n) is 5.92. The Morgan fingerprint density at radius 3 is 2.66 bits per heavy atom. The largest absolute Gasteiger partial charge is 0.493 e. The van der Waals surface area contributed by atoms with Gasteiger partial charge in [-0.25, -0.2) is 4.39 Å². The van der Waals surface area contributed by atoms with Crippen LogP contribution in [0.15, 0.2) is 41.3 Å². The summed E-state index contributed by atoms with van der Waals surface area (Å²) in [6, 6.07) is 9.20. The Labute approximate surface area is 185 Å². The molecular weight excluding hydrogens is 508 g/mol. The Hall–Kier alpha value is -2.51. The van der Waals surface area contributed by atoms with Crippen molar-refractivity contribution in [3.63, 3.8) is 0 Å². The first kappa shape index (κ1) is 21.2. The molecule has 0 aromatic heterocycles. The molecule has 5 nitrogen and oxygen atoms in total. The van der Waals surface area contributed by atoms with Crippen LogP contribution in [0.2, 0.25) is 0 Å². The Balaban J connectivity index is 1.84. The summed E-state index contributed by atoms with van der Waals surface area (Å²) in [6.45, 7) is 0.190. The molecule has 1 heterocycles. The molecule has 148 valence electrons.